The van der Waals surface area contributed by atoms with Crippen LogP contribution in [0.2, 0.25) is 5.02 Å². The highest BCUT2D eigenvalue weighted by Crippen LogP contribution is 2.32. The molecule has 2 aromatic carbocycles. The van der Waals surface area contributed by atoms with Crippen molar-refractivity contribution in [2.24, 2.45) is 0 Å². The van der Waals surface area contributed by atoms with Gasteiger partial charge in [-0.3, -0.25) is 0 Å². The average Bonchev–Trinajstić information content (AvgIpc) is 2.56. The van der Waals surface area contributed by atoms with E-state index in [4.69, 9.17) is 25.8 Å². The molecule has 0 spiro atoms. The molecule has 0 heterocycles. The molecule has 0 aliphatic rings. The molecule has 0 unspecified atom stereocenters. The Bertz CT molecular complexity index is 743. The van der Waals surface area contributed by atoms with Crippen LogP contribution >= 0.6 is 11.6 Å². The molecule has 2 rings (SSSR count). The fraction of sp³-hybridized carbons (Fsp3) is 0.235. The van der Waals surface area contributed by atoms with Gasteiger partial charge in [0.1, 0.15) is 23.9 Å². The van der Waals surface area contributed by atoms with Crippen molar-refractivity contribution in [1.82, 2.24) is 5.32 Å². The lowest BCUT2D eigenvalue weighted by atomic mass is 10.3. The van der Waals surface area contributed by atoms with E-state index in [0.29, 0.717) is 5.75 Å². The lowest BCUT2D eigenvalue weighted by Crippen LogP contribution is -2.28. The van der Waals surface area contributed by atoms with Crippen molar-refractivity contribution in [2.45, 2.75) is 6.92 Å². The van der Waals surface area contributed by atoms with Crippen LogP contribution in [0, 0.1) is 11.6 Å². The van der Waals surface area contributed by atoms with Gasteiger partial charge in [0.05, 0.1) is 18.2 Å². The molecule has 1 N–H and O–H groups in total. The second-order valence-corrected chi connectivity index (χ2v) is 5.17. The number of carbonyl (C=O) groups is 1. The summed E-state index contributed by atoms with van der Waals surface area (Å²) in [5, 5.41) is 2.75. The quantitative estimate of drug-likeness (QED) is 0.726. The van der Waals surface area contributed by atoms with Gasteiger partial charge < -0.3 is 19.5 Å². The third-order valence-corrected chi connectivity index (χ3v) is 3.22. The predicted octanol–water partition coefficient (Wildman–Crippen LogP) is 4.54. The third-order valence-electron chi connectivity index (χ3n) is 2.93. The molecule has 0 aromatic heterocycles. The summed E-state index contributed by atoms with van der Waals surface area (Å²) in [4.78, 5) is 11.1. The summed E-state index contributed by atoms with van der Waals surface area (Å²) >= 11 is 6.08. The average molecular weight is 372 g/mol. The van der Waals surface area contributed by atoms with E-state index in [2.05, 4.69) is 5.32 Å². The van der Waals surface area contributed by atoms with Gasteiger partial charge in [0.2, 0.25) is 0 Å². The Morgan fingerprint density at radius 1 is 1.16 bits per heavy atom. The molecule has 0 aliphatic carbocycles. The molecular weight excluding hydrogens is 356 g/mol. The first kappa shape index (κ1) is 18.8. The summed E-state index contributed by atoms with van der Waals surface area (Å²) in [6.07, 6.45) is -0.526. The number of benzene rings is 2. The van der Waals surface area contributed by atoms with E-state index in [-0.39, 0.29) is 36.3 Å². The van der Waals surface area contributed by atoms with Crippen LogP contribution < -0.4 is 14.8 Å². The number of ether oxygens (including phenoxy) is 3. The number of alkyl carbamates (subject to hydrolysis) is 1. The van der Waals surface area contributed by atoms with Crippen molar-refractivity contribution in [2.75, 3.05) is 19.8 Å². The molecule has 0 saturated carbocycles. The summed E-state index contributed by atoms with van der Waals surface area (Å²) in [5.74, 6) is -0.985. The zero-order valence-electron chi connectivity index (χ0n) is 13.4. The first-order chi connectivity index (χ1) is 12.0. The number of rotatable bonds is 7. The van der Waals surface area contributed by atoms with Crippen LogP contribution in [0.1, 0.15) is 6.92 Å². The van der Waals surface area contributed by atoms with Crippen LogP contribution in [0.4, 0.5) is 13.6 Å². The zero-order valence-corrected chi connectivity index (χ0v) is 14.1. The maximum absolute atomic E-state index is 13.6. The SMILES string of the molecule is CCOC(=O)NCCOc1ccc(Oc2ccc(F)cc2F)cc1Cl. The molecule has 0 saturated heterocycles. The first-order valence-electron chi connectivity index (χ1n) is 7.45. The number of halogens is 3. The van der Waals surface area contributed by atoms with E-state index in [1.54, 1.807) is 13.0 Å². The van der Waals surface area contributed by atoms with Crippen LogP contribution in [0.3, 0.4) is 0 Å². The molecule has 25 heavy (non-hydrogen) atoms. The Hall–Kier alpha value is -2.54. The van der Waals surface area contributed by atoms with Gasteiger partial charge >= 0.3 is 6.09 Å². The number of carbonyl (C=O) groups excluding carboxylic acids is 1. The smallest absolute Gasteiger partial charge is 0.407 e. The molecule has 5 nitrogen and oxygen atoms in total. The highest BCUT2D eigenvalue weighted by molar-refractivity contribution is 6.32. The standard InChI is InChI=1S/C17H16ClF2NO4/c1-2-23-17(22)21-7-8-24-15-6-4-12(10-13(15)18)25-16-5-3-11(19)9-14(16)20/h3-6,9-10H,2,7-8H2,1H3,(H,21,22). The fourth-order valence-corrected chi connectivity index (χ4v) is 2.07. The largest absolute Gasteiger partial charge is 0.490 e. The van der Waals surface area contributed by atoms with E-state index in [1.165, 1.54) is 18.2 Å². The minimum absolute atomic E-state index is 0.121. The normalized spacial score (nSPS) is 10.2. The van der Waals surface area contributed by atoms with E-state index in [0.717, 1.165) is 12.1 Å². The van der Waals surface area contributed by atoms with Crippen molar-refractivity contribution >= 4 is 17.7 Å². The Morgan fingerprint density at radius 3 is 2.60 bits per heavy atom. The number of nitrogens with one attached hydrogen (secondary N) is 1. The summed E-state index contributed by atoms with van der Waals surface area (Å²) in [5.41, 5.74) is 0. The zero-order chi connectivity index (χ0) is 18.2. The Kier molecular flexibility index (Phi) is 6.82. The van der Waals surface area contributed by atoms with Crippen molar-refractivity contribution in [3.63, 3.8) is 0 Å². The van der Waals surface area contributed by atoms with Gasteiger partial charge in [-0.1, -0.05) is 11.6 Å². The van der Waals surface area contributed by atoms with Crippen LogP contribution in [0.25, 0.3) is 0 Å². The number of hydrogen-bond acceptors (Lipinski definition) is 4. The topological polar surface area (TPSA) is 56.8 Å². The molecule has 8 heteroatoms. The summed E-state index contributed by atoms with van der Waals surface area (Å²) in [6.45, 7) is 2.42. The first-order valence-corrected chi connectivity index (χ1v) is 7.83. The van der Waals surface area contributed by atoms with Gasteiger partial charge in [0, 0.05) is 12.1 Å². The van der Waals surface area contributed by atoms with Crippen molar-refractivity contribution in [3.05, 3.63) is 53.1 Å². The second kappa shape index (κ2) is 9.08. The van der Waals surface area contributed by atoms with Gasteiger partial charge in [-0.25, -0.2) is 13.6 Å². The second-order valence-electron chi connectivity index (χ2n) is 4.76. The number of hydrogen-bond donors (Lipinski definition) is 1. The molecule has 0 atom stereocenters. The minimum atomic E-state index is -0.818. The Balaban J connectivity index is 1.90. The molecule has 134 valence electrons. The van der Waals surface area contributed by atoms with Crippen molar-refractivity contribution < 1.29 is 27.8 Å². The predicted molar refractivity (Wildman–Crippen MR) is 88.4 cm³/mol. The third kappa shape index (κ3) is 5.79. The summed E-state index contributed by atoms with van der Waals surface area (Å²) in [6, 6.07) is 7.52. The van der Waals surface area contributed by atoms with Gasteiger partial charge in [-0.15, -0.1) is 0 Å². The monoisotopic (exact) mass is 371 g/mol. The summed E-state index contributed by atoms with van der Waals surface area (Å²) < 4.78 is 41.9. The van der Waals surface area contributed by atoms with Gasteiger partial charge in [0.15, 0.2) is 11.6 Å². The van der Waals surface area contributed by atoms with Crippen molar-refractivity contribution in [3.8, 4) is 17.2 Å². The molecule has 0 bridgehead atoms. The van der Waals surface area contributed by atoms with Gasteiger partial charge in [-0.2, -0.15) is 0 Å². The van der Waals surface area contributed by atoms with Crippen LogP contribution in [0.5, 0.6) is 17.2 Å². The van der Waals surface area contributed by atoms with Crippen LogP contribution in [-0.4, -0.2) is 25.9 Å². The van der Waals surface area contributed by atoms with Gasteiger partial charge in [-0.05, 0) is 31.2 Å². The minimum Gasteiger partial charge on any atom is -0.490 e. The molecule has 2 aromatic rings. The van der Waals surface area contributed by atoms with Crippen molar-refractivity contribution in [1.29, 1.82) is 0 Å². The highest BCUT2D eigenvalue weighted by Gasteiger charge is 2.09. The maximum atomic E-state index is 13.6. The van der Waals surface area contributed by atoms with Gasteiger partial charge in [0.25, 0.3) is 0 Å². The molecular formula is C17H16ClF2NO4. The fourth-order valence-electron chi connectivity index (χ4n) is 1.84. The van der Waals surface area contributed by atoms with E-state index in [9.17, 15) is 13.6 Å². The highest BCUT2D eigenvalue weighted by atomic mass is 35.5. The maximum Gasteiger partial charge on any atom is 0.407 e. The van der Waals surface area contributed by atoms with E-state index >= 15 is 0 Å². The molecule has 0 aliphatic heterocycles. The van der Waals surface area contributed by atoms with E-state index in [1.807, 2.05) is 0 Å². The van der Waals surface area contributed by atoms with E-state index < -0.39 is 17.7 Å². The summed E-state index contributed by atoms with van der Waals surface area (Å²) in [7, 11) is 0. The van der Waals surface area contributed by atoms with Crippen LogP contribution in [0.15, 0.2) is 36.4 Å². The molecule has 0 fully saturated rings. The Morgan fingerprint density at radius 2 is 1.92 bits per heavy atom. The lowest BCUT2D eigenvalue weighted by molar-refractivity contribution is 0.150. The number of amides is 1. The Labute approximate surface area is 148 Å². The molecule has 0 radical (unpaired) electrons. The lowest BCUT2D eigenvalue weighted by Gasteiger charge is -2.11. The van der Waals surface area contributed by atoms with Crippen LogP contribution in [-0.2, 0) is 4.74 Å². The molecule has 1 amide bonds.